The van der Waals surface area contributed by atoms with Gasteiger partial charge in [0.05, 0.1) is 0 Å². The quantitative estimate of drug-likeness (QED) is 0.479. The molecule has 0 saturated carbocycles. The molecule has 0 aromatic heterocycles. The Labute approximate surface area is 68.0 Å². The van der Waals surface area contributed by atoms with Gasteiger partial charge in [0.2, 0.25) is 0 Å². The van der Waals surface area contributed by atoms with Crippen LogP contribution in [0.3, 0.4) is 0 Å². The van der Waals surface area contributed by atoms with Crippen LogP contribution in [-0.4, -0.2) is 25.7 Å². The summed E-state index contributed by atoms with van der Waals surface area (Å²) in [5.41, 5.74) is 0. The minimum atomic E-state index is -1.52. The Morgan fingerprint density at radius 2 is 2.00 bits per heavy atom. The van der Waals surface area contributed by atoms with Crippen molar-refractivity contribution < 1.29 is 0 Å². The molecule has 0 rings (SSSR count). The fourth-order valence-corrected chi connectivity index (χ4v) is 1.47. The van der Waals surface area contributed by atoms with E-state index in [-0.39, 0.29) is 0 Å². The molecule has 0 heterocycles. The van der Waals surface area contributed by atoms with Gasteiger partial charge in [0.15, 0.2) is 0 Å². The van der Waals surface area contributed by atoms with E-state index in [9.17, 15) is 0 Å². The molecule has 0 spiro atoms. The molecular weight excluding hydrogens is 173 g/mol. The Hall–Kier alpha value is 0.757. The Morgan fingerprint density at radius 1 is 1.44 bits per heavy atom. The molecule has 0 fully saturated rings. The summed E-state index contributed by atoms with van der Waals surface area (Å²) >= 11 is 11.4. The number of hydrogen-bond acceptors (Lipinski definition) is 1. The summed E-state index contributed by atoms with van der Waals surface area (Å²) in [6.07, 6.45) is 2.40. The van der Waals surface area contributed by atoms with Crippen LogP contribution in [-0.2, 0) is 0 Å². The van der Waals surface area contributed by atoms with Crippen molar-refractivity contribution in [2.24, 2.45) is 0 Å². The average molecular weight is 186 g/mol. The first-order chi connectivity index (χ1) is 4.18. The molecule has 0 saturated heterocycles. The zero-order valence-corrected chi connectivity index (χ0v) is 8.57. The maximum atomic E-state index is 5.69. The van der Waals surface area contributed by atoms with Crippen LogP contribution < -0.4 is 0 Å². The summed E-state index contributed by atoms with van der Waals surface area (Å²) in [5.74, 6) is 0. The number of nitrogens with zero attached hydrogens (tertiary/aromatic N) is 1. The lowest BCUT2D eigenvalue weighted by Gasteiger charge is -2.14. The van der Waals surface area contributed by atoms with Crippen LogP contribution in [0, 0.1) is 0 Å². The Kier molecular flexibility index (Phi) is 6.00. The molecule has 0 aliphatic rings. The summed E-state index contributed by atoms with van der Waals surface area (Å²) in [4.78, 5) is 0. The summed E-state index contributed by atoms with van der Waals surface area (Å²) in [6, 6.07) is 0. The zero-order chi connectivity index (χ0) is 7.28. The van der Waals surface area contributed by atoms with E-state index in [1.807, 2.05) is 11.6 Å². The normalized spacial score (nSPS) is 11.3. The van der Waals surface area contributed by atoms with Crippen LogP contribution in [0.5, 0.6) is 0 Å². The molecule has 0 atom stereocenters. The molecule has 1 nitrogen and oxygen atoms in total. The van der Waals surface area contributed by atoms with Gasteiger partial charge in [-0.3, -0.25) is 0 Å². The van der Waals surface area contributed by atoms with Gasteiger partial charge in [-0.2, -0.15) is 0 Å². The minimum Gasteiger partial charge on any atom is -0.305 e. The highest BCUT2D eigenvalue weighted by atomic mass is 35.7. The van der Waals surface area contributed by atoms with Gasteiger partial charge in [-0.1, -0.05) is 13.3 Å². The van der Waals surface area contributed by atoms with Crippen molar-refractivity contribution in [2.45, 2.75) is 19.8 Å². The van der Waals surface area contributed by atoms with Crippen molar-refractivity contribution in [3.63, 3.8) is 0 Å². The lowest BCUT2D eigenvalue weighted by molar-refractivity contribution is 0.513. The maximum absolute atomic E-state index is 5.69. The van der Waals surface area contributed by atoms with E-state index in [0.717, 1.165) is 6.54 Å². The summed E-state index contributed by atoms with van der Waals surface area (Å²) in [7, 11) is 0.460. The summed E-state index contributed by atoms with van der Waals surface area (Å²) in [5, 5.41) is 0. The molecule has 0 bridgehead atoms. The van der Waals surface area contributed by atoms with E-state index in [1.165, 1.54) is 12.8 Å². The Balaban J connectivity index is 3.16. The third kappa shape index (κ3) is 5.21. The topological polar surface area (TPSA) is 3.24 Å². The number of hydrogen-bond donors (Lipinski definition) is 0. The van der Waals surface area contributed by atoms with E-state index in [2.05, 4.69) is 6.92 Å². The van der Waals surface area contributed by atoms with E-state index in [4.69, 9.17) is 22.2 Å². The lowest BCUT2D eigenvalue weighted by atomic mass is 10.3. The van der Waals surface area contributed by atoms with Crippen LogP contribution in [0.15, 0.2) is 0 Å². The summed E-state index contributed by atoms with van der Waals surface area (Å²) in [6.45, 7) is 3.20. The van der Waals surface area contributed by atoms with E-state index < -0.39 is 7.58 Å². The average Bonchev–Trinajstić information content (AvgIpc) is 1.82. The molecule has 0 unspecified atom stereocenters. The Bertz CT molecular complexity index is 70.0. The van der Waals surface area contributed by atoms with Crippen LogP contribution in [0.2, 0.25) is 0 Å². The second kappa shape index (κ2) is 5.53. The van der Waals surface area contributed by atoms with Crippen LogP contribution in [0.4, 0.5) is 0 Å². The smallest absolute Gasteiger partial charge is 0.305 e. The zero-order valence-electron chi connectivity index (χ0n) is 5.90. The van der Waals surface area contributed by atoms with Gasteiger partial charge < -0.3 is 4.57 Å². The van der Waals surface area contributed by atoms with Crippen molar-refractivity contribution in [3.05, 3.63) is 0 Å². The molecule has 56 valence electrons. The predicted molar refractivity (Wildman–Crippen MR) is 46.4 cm³/mol. The van der Waals surface area contributed by atoms with Gasteiger partial charge in [-0.25, -0.2) is 0 Å². The maximum Gasteiger partial charge on any atom is 0.309 e. The largest absolute Gasteiger partial charge is 0.309 e. The molecule has 0 amide bonds. The Morgan fingerprint density at radius 3 is 2.33 bits per heavy atom. The van der Waals surface area contributed by atoms with Gasteiger partial charge in [0.1, 0.15) is 0 Å². The van der Waals surface area contributed by atoms with Crippen LogP contribution in [0.25, 0.3) is 0 Å². The highest BCUT2D eigenvalue weighted by molar-refractivity contribution is 7.32. The molecule has 9 heavy (non-hydrogen) atoms. The van der Waals surface area contributed by atoms with E-state index in [1.54, 1.807) is 0 Å². The first kappa shape index (κ1) is 9.76. The van der Waals surface area contributed by atoms with Crippen molar-refractivity contribution in [1.82, 2.24) is 4.57 Å². The molecule has 0 aliphatic carbocycles. The summed E-state index contributed by atoms with van der Waals surface area (Å²) < 4.78 is 2.05. The third-order valence-electron chi connectivity index (χ3n) is 1.20. The first-order valence-corrected chi connectivity index (χ1v) is 7.17. The second-order valence-electron chi connectivity index (χ2n) is 2.11. The fourth-order valence-electron chi connectivity index (χ4n) is 0.505. The van der Waals surface area contributed by atoms with Crippen molar-refractivity contribution >= 4 is 29.7 Å². The van der Waals surface area contributed by atoms with Crippen molar-refractivity contribution in [2.75, 3.05) is 13.6 Å². The lowest BCUT2D eigenvalue weighted by Crippen LogP contribution is -2.27. The van der Waals surface area contributed by atoms with E-state index in [0.29, 0.717) is 0 Å². The van der Waals surface area contributed by atoms with Gasteiger partial charge >= 0.3 is 7.58 Å². The highest BCUT2D eigenvalue weighted by Gasteiger charge is 2.07. The standard InChI is InChI=1S/C5H13Cl2NSi/c1-3-4-5-8(2)9(6)7/h9H,3-5H2,1-2H3. The van der Waals surface area contributed by atoms with Gasteiger partial charge in [0, 0.05) is 0 Å². The molecule has 0 N–H and O–H groups in total. The molecular formula is C5H13Cl2NSi. The molecule has 0 aromatic carbocycles. The number of unbranched alkanes of at least 4 members (excludes halogenated alkanes) is 1. The van der Waals surface area contributed by atoms with Gasteiger partial charge in [-0.05, 0) is 20.0 Å². The molecule has 0 aliphatic heterocycles. The van der Waals surface area contributed by atoms with Crippen molar-refractivity contribution in [3.8, 4) is 0 Å². The van der Waals surface area contributed by atoms with Gasteiger partial charge in [-0.15, -0.1) is 22.2 Å². The molecule has 0 radical (unpaired) electrons. The third-order valence-corrected chi connectivity index (χ3v) is 4.12. The monoisotopic (exact) mass is 185 g/mol. The number of halogens is 2. The first-order valence-electron chi connectivity index (χ1n) is 3.17. The number of rotatable bonds is 4. The second-order valence-corrected chi connectivity index (χ2v) is 6.70. The molecule has 0 aromatic rings. The fraction of sp³-hybridized carbons (Fsp3) is 1.00. The van der Waals surface area contributed by atoms with Gasteiger partial charge in [0.25, 0.3) is 0 Å². The van der Waals surface area contributed by atoms with Crippen molar-refractivity contribution in [1.29, 1.82) is 0 Å². The predicted octanol–water partition coefficient (Wildman–Crippen LogP) is 1.91. The van der Waals surface area contributed by atoms with Crippen LogP contribution >= 0.6 is 22.2 Å². The minimum absolute atomic E-state index is 1.04. The van der Waals surface area contributed by atoms with E-state index >= 15 is 0 Å². The van der Waals surface area contributed by atoms with Crippen LogP contribution in [0.1, 0.15) is 19.8 Å². The highest BCUT2D eigenvalue weighted by Crippen LogP contribution is 2.02. The molecule has 4 heteroatoms. The SMILES string of the molecule is CCCCN(C)[SiH](Cl)Cl.